The van der Waals surface area contributed by atoms with E-state index in [-0.39, 0.29) is 28.1 Å². The lowest BCUT2D eigenvalue weighted by atomic mass is 10.1. The lowest BCUT2D eigenvalue weighted by Crippen LogP contribution is -2.21. The first-order valence-corrected chi connectivity index (χ1v) is 10.8. The van der Waals surface area contributed by atoms with Gasteiger partial charge in [0.1, 0.15) is 5.00 Å². The highest BCUT2D eigenvalue weighted by atomic mass is 32.2. The standard InChI is InChI=1S/C19H21N5O5S2/c1-10-13(18(27)28-5)16(31-14(10)17(26)23(2)3)20-12(25)9-30-19-22-21-15(24(19)4)11-7-6-8-29-11/h6-8H,9H2,1-5H3,(H,20,25). The predicted octanol–water partition coefficient (Wildman–Crippen LogP) is 2.66. The van der Waals surface area contributed by atoms with Crippen molar-refractivity contribution in [2.45, 2.75) is 12.1 Å². The van der Waals surface area contributed by atoms with Crippen LogP contribution in [0.15, 0.2) is 28.0 Å². The van der Waals surface area contributed by atoms with Crippen molar-refractivity contribution in [3.63, 3.8) is 0 Å². The zero-order valence-corrected chi connectivity index (χ0v) is 19.2. The van der Waals surface area contributed by atoms with Crippen molar-refractivity contribution in [3.8, 4) is 11.6 Å². The number of nitrogens with one attached hydrogen (secondary N) is 1. The Morgan fingerprint density at radius 2 is 2.06 bits per heavy atom. The van der Waals surface area contributed by atoms with Gasteiger partial charge in [-0.2, -0.15) is 0 Å². The third-order valence-electron chi connectivity index (χ3n) is 4.30. The van der Waals surface area contributed by atoms with Gasteiger partial charge < -0.3 is 23.9 Å². The van der Waals surface area contributed by atoms with Gasteiger partial charge >= 0.3 is 5.97 Å². The van der Waals surface area contributed by atoms with E-state index in [1.807, 2.05) is 0 Å². The van der Waals surface area contributed by atoms with E-state index in [0.29, 0.717) is 27.2 Å². The molecule has 3 heterocycles. The Morgan fingerprint density at radius 3 is 2.68 bits per heavy atom. The van der Waals surface area contributed by atoms with Gasteiger partial charge in [-0.15, -0.1) is 21.5 Å². The highest BCUT2D eigenvalue weighted by molar-refractivity contribution is 7.99. The number of carbonyl (C=O) groups is 3. The Labute approximate surface area is 186 Å². The predicted molar refractivity (Wildman–Crippen MR) is 116 cm³/mol. The minimum atomic E-state index is -0.620. The molecule has 1 N–H and O–H groups in total. The molecule has 0 atom stereocenters. The first-order valence-electron chi connectivity index (χ1n) is 9.03. The van der Waals surface area contributed by atoms with Crippen LogP contribution in [0.5, 0.6) is 0 Å². The number of carbonyl (C=O) groups excluding carboxylic acids is 3. The van der Waals surface area contributed by atoms with Gasteiger partial charge in [-0.3, -0.25) is 9.59 Å². The maximum Gasteiger partial charge on any atom is 0.341 e. The van der Waals surface area contributed by atoms with Crippen LogP contribution in [0.25, 0.3) is 11.6 Å². The van der Waals surface area contributed by atoms with Gasteiger partial charge in [0.15, 0.2) is 16.7 Å². The van der Waals surface area contributed by atoms with E-state index < -0.39 is 5.97 Å². The summed E-state index contributed by atoms with van der Waals surface area (Å²) in [5.41, 5.74) is 0.643. The Kier molecular flexibility index (Phi) is 6.81. The van der Waals surface area contributed by atoms with Gasteiger partial charge in [0.2, 0.25) is 5.91 Å². The Balaban J connectivity index is 1.75. The molecule has 0 aliphatic carbocycles. The maximum atomic E-state index is 12.6. The lowest BCUT2D eigenvalue weighted by Gasteiger charge is -2.08. The molecule has 0 unspecified atom stereocenters. The van der Waals surface area contributed by atoms with Crippen LogP contribution >= 0.6 is 23.1 Å². The van der Waals surface area contributed by atoms with Crippen molar-refractivity contribution in [2.75, 3.05) is 32.3 Å². The number of hydrogen-bond donors (Lipinski definition) is 1. The van der Waals surface area contributed by atoms with Gasteiger partial charge in [-0.1, -0.05) is 11.8 Å². The summed E-state index contributed by atoms with van der Waals surface area (Å²) in [6, 6.07) is 3.52. The molecule has 10 nitrogen and oxygen atoms in total. The van der Waals surface area contributed by atoms with Gasteiger partial charge in [-0.05, 0) is 24.6 Å². The van der Waals surface area contributed by atoms with E-state index in [1.165, 1.54) is 23.8 Å². The Morgan fingerprint density at radius 1 is 1.32 bits per heavy atom. The van der Waals surface area contributed by atoms with Crippen LogP contribution in [0.4, 0.5) is 5.00 Å². The van der Waals surface area contributed by atoms with Crippen molar-refractivity contribution in [2.24, 2.45) is 7.05 Å². The summed E-state index contributed by atoms with van der Waals surface area (Å²) in [4.78, 5) is 39.0. The molecule has 3 rings (SSSR count). The molecule has 0 fully saturated rings. The summed E-state index contributed by atoms with van der Waals surface area (Å²) in [6.07, 6.45) is 1.54. The number of rotatable bonds is 7. The van der Waals surface area contributed by atoms with Crippen molar-refractivity contribution in [3.05, 3.63) is 34.4 Å². The van der Waals surface area contributed by atoms with Crippen molar-refractivity contribution in [1.82, 2.24) is 19.7 Å². The SMILES string of the molecule is COC(=O)c1c(NC(=O)CSc2nnc(-c3ccco3)n2C)sc(C(=O)N(C)C)c1C. The lowest BCUT2D eigenvalue weighted by molar-refractivity contribution is -0.113. The molecular weight excluding hydrogens is 442 g/mol. The second-order valence-electron chi connectivity index (χ2n) is 6.63. The fraction of sp³-hybridized carbons (Fsp3) is 0.316. The molecule has 0 saturated heterocycles. The maximum absolute atomic E-state index is 12.6. The number of thiophene rings is 1. The largest absolute Gasteiger partial charge is 0.465 e. The molecule has 0 aromatic carbocycles. The summed E-state index contributed by atoms with van der Waals surface area (Å²) >= 11 is 2.23. The van der Waals surface area contributed by atoms with E-state index >= 15 is 0 Å². The number of methoxy groups -OCH3 is 1. The molecule has 164 valence electrons. The summed E-state index contributed by atoms with van der Waals surface area (Å²) < 4.78 is 11.9. The van der Waals surface area contributed by atoms with Crippen molar-refractivity contribution in [1.29, 1.82) is 0 Å². The summed E-state index contributed by atoms with van der Waals surface area (Å²) in [6.45, 7) is 1.65. The number of amides is 2. The summed E-state index contributed by atoms with van der Waals surface area (Å²) in [5.74, 6) is -0.0953. The number of aromatic nitrogens is 3. The Hall–Kier alpha value is -3.12. The average molecular weight is 464 g/mol. The number of thioether (sulfide) groups is 1. The van der Waals surface area contributed by atoms with Crippen molar-refractivity contribution >= 4 is 45.9 Å². The quantitative estimate of drug-likeness (QED) is 0.419. The van der Waals surface area contributed by atoms with Gasteiger partial charge in [0.05, 0.1) is 29.6 Å². The van der Waals surface area contributed by atoms with Crippen molar-refractivity contribution < 1.29 is 23.5 Å². The van der Waals surface area contributed by atoms with E-state index in [9.17, 15) is 14.4 Å². The first-order chi connectivity index (χ1) is 14.7. The number of furan rings is 1. The fourth-order valence-corrected chi connectivity index (χ4v) is 4.65. The molecule has 0 spiro atoms. The van der Waals surface area contributed by atoms with E-state index in [0.717, 1.165) is 11.3 Å². The van der Waals surface area contributed by atoms with Crippen LogP contribution in [-0.2, 0) is 16.6 Å². The summed E-state index contributed by atoms with van der Waals surface area (Å²) in [5, 5.41) is 11.7. The number of ether oxygens (including phenoxy) is 1. The zero-order chi connectivity index (χ0) is 22.7. The first kappa shape index (κ1) is 22.6. The molecule has 0 radical (unpaired) electrons. The molecule has 3 aromatic rings. The summed E-state index contributed by atoms with van der Waals surface area (Å²) in [7, 11) is 6.26. The third-order valence-corrected chi connectivity index (χ3v) is 6.51. The van der Waals surface area contributed by atoms with Crippen LogP contribution < -0.4 is 5.32 Å². The van der Waals surface area contributed by atoms with E-state index in [1.54, 1.807) is 51.0 Å². The normalized spacial score (nSPS) is 10.7. The average Bonchev–Trinajstić information content (AvgIpc) is 3.45. The molecule has 3 aromatic heterocycles. The van der Waals surface area contributed by atoms with E-state index in [2.05, 4.69) is 15.5 Å². The van der Waals surface area contributed by atoms with Gasteiger partial charge in [-0.25, -0.2) is 4.79 Å². The third kappa shape index (κ3) is 4.64. The number of esters is 1. The molecule has 0 aliphatic heterocycles. The molecule has 12 heteroatoms. The zero-order valence-electron chi connectivity index (χ0n) is 17.6. The number of hydrogen-bond acceptors (Lipinski definition) is 9. The number of nitrogens with zero attached hydrogens (tertiary/aromatic N) is 4. The minimum absolute atomic E-state index is 0.0264. The van der Waals surface area contributed by atoms with Crippen LogP contribution in [-0.4, -0.2) is 64.4 Å². The molecule has 0 bridgehead atoms. The molecule has 31 heavy (non-hydrogen) atoms. The molecule has 2 amide bonds. The highest BCUT2D eigenvalue weighted by Gasteiger charge is 2.27. The molecular formula is C19H21N5O5S2. The fourth-order valence-electron chi connectivity index (χ4n) is 2.71. The van der Waals surface area contributed by atoms with Crippen LogP contribution in [0.1, 0.15) is 25.6 Å². The van der Waals surface area contributed by atoms with Gasteiger partial charge in [0, 0.05) is 21.1 Å². The topological polar surface area (TPSA) is 120 Å². The minimum Gasteiger partial charge on any atom is -0.465 e. The second kappa shape index (κ2) is 9.35. The van der Waals surface area contributed by atoms with Crippen LogP contribution in [0.3, 0.4) is 0 Å². The molecule has 0 aliphatic rings. The number of anilines is 1. The van der Waals surface area contributed by atoms with Crippen LogP contribution in [0.2, 0.25) is 0 Å². The smallest absolute Gasteiger partial charge is 0.341 e. The van der Waals surface area contributed by atoms with Crippen LogP contribution in [0, 0.1) is 6.92 Å². The highest BCUT2D eigenvalue weighted by Crippen LogP contribution is 2.34. The Bertz CT molecular complexity index is 1120. The molecule has 0 saturated carbocycles. The van der Waals surface area contributed by atoms with Gasteiger partial charge in [0.25, 0.3) is 5.91 Å². The monoisotopic (exact) mass is 463 g/mol. The van der Waals surface area contributed by atoms with E-state index in [4.69, 9.17) is 9.15 Å². The second-order valence-corrected chi connectivity index (χ2v) is 8.59.